The molecule has 2 rings (SSSR count). The highest BCUT2D eigenvalue weighted by molar-refractivity contribution is 8.00. The van der Waals surface area contributed by atoms with E-state index in [9.17, 15) is 0 Å². The van der Waals surface area contributed by atoms with Gasteiger partial charge in [-0.3, -0.25) is 0 Å². The van der Waals surface area contributed by atoms with Gasteiger partial charge in [0.05, 0.1) is 6.61 Å². The monoisotopic (exact) mass is 210 g/mol. The van der Waals surface area contributed by atoms with Gasteiger partial charge in [0.15, 0.2) is 0 Å². The molecule has 2 nitrogen and oxygen atoms in total. The second-order valence-electron chi connectivity index (χ2n) is 3.45. The number of hydrogen-bond donors (Lipinski definition) is 1. The molecule has 1 heterocycles. The average molecular weight is 210 g/mol. The van der Waals surface area contributed by atoms with E-state index < -0.39 is 0 Å². The number of phenols is 1. The van der Waals surface area contributed by atoms with Crippen molar-refractivity contribution in [1.29, 1.82) is 0 Å². The Kier molecular flexibility index (Phi) is 3.32. The zero-order valence-electron chi connectivity index (χ0n) is 7.98. The van der Waals surface area contributed by atoms with Gasteiger partial charge >= 0.3 is 0 Å². The topological polar surface area (TPSA) is 29.5 Å². The van der Waals surface area contributed by atoms with E-state index in [0.29, 0.717) is 11.0 Å². The minimum atomic E-state index is 0.328. The van der Waals surface area contributed by atoms with E-state index in [1.165, 1.54) is 11.3 Å². The van der Waals surface area contributed by atoms with Gasteiger partial charge < -0.3 is 9.84 Å². The molecular weight excluding hydrogens is 196 g/mol. The number of ether oxygens (including phenoxy) is 1. The Bertz CT molecular complexity index is 278. The van der Waals surface area contributed by atoms with Gasteiger partial charge in [0.2, 0.25) is 0 Å². The molecule has 1 fully saturated rings. The first-order chi connectivity index (χ1) is 6.84. The summed E-state index contributed by atoms with van der Waals surface area (Å²) in [5, 5.41) is 9.71. The standard InChI is InChI=1S/C11H14O2S/c12-9-3-5-10(6-4-9)14-11-2-1-7-13-8-11/h3-6,11-12H,1-2,7-8H2. The predicted molar refractivity (Wildman–Crippen MR) is 57.8 cm³/mol. The van der Waals surface area contributed by atoms with Gasteiger partial charge in [-0.1, -0.05) is 0 Å². The van der Waals surface area contributed by atoms with E-state index in [0.717, 1.165) is 19.6 Å². The SMILES string of the molecule is Oc1ccc(SC2CCCOC2)cc1. The van der Waals surface area contributed by atoms with Crippen molar-refractivity contribution in [2.24, 2.45) is 0 Å². The summed E-state index contributed by atoms with van der Waals surface area (Å²) in [6, 6.07) is 7.36. The third kappa shape index (κ3) is 2.66. The van der Waals surface area contributed by atoms with E-state index in [-0.39, 0.29) is 0 Å². The molecule has 0 saturated carbocycles. The van der Waals surface area contributed by atoms with Crippen LogP contribution in [0, 0.1) is 0 Å². The highest BCUT2D eigenvalue weighted by Crippen LogP contribution is 2.29. The van der Waals surface area contributed by atoms with Crippen LogP contribution in [0.5, 0.6) is 5.75 Å². The summed E-state index contributed by atoms with van der Waals surface area (Å²) in [5.74, 6) is 0.328. The first-order valence-electron chi connectivity index (χ1n) is 4.88. The molecule has 14 heavy (non-hydrogen) atoms. The first kappa shape index (κ1) is 9.87. The normalized spacial score (nSPS) is 22.1. The number of thioether (sulfide) groups is 1. The maximum absolute atomic E-state index is 9.13. The summed E-state index contributed by atoms with van der Waals surface area (Å²) in [6.45, 7) is 1.76. The summed E-state index contributed by atoms with van der Waals surface area (Å²) in [7, 11) is 0. The highest BCUT2D eigenvalue weighted by Gasteiger charge is 2.14. The van der Waals surface area contributed by atoms with Crippen molar-refractivity contribution in [3.8, 4) is 5.75 Å². The molecule has 76 valence electrons. The van der Waals surface area contributed by atoms with E-state index in [1.807, 2.05) is 23.9 Å². The fourth-order valence-electron chi connectivity index (χ4n) is 1.52. The number of hydrogen-bond acceptors (Lipinski definition) is 3. The molecule has 0 amide bonds. The lowest BCUT2D eigenvalue weighted by Crippen LogP contribution is -2.18. The van der Waals surface area contributed by atoms with E-state index in [2.05, 4.69) is 0 Å². The fraction of sp³-hybridized carbons (Fsp3) is 0.455. The van der Waals surface area contributed by atoms with Crippen LogP contribution in [0.3, 0.4) is 0 Å². The molecule has 1 saturated heterocycles. The van der Waals surface area contributed by atoms with Crippen molar-refractivity contribution in [1.82, 2.24) is 0 Å². The molecule has 1 aromatic carbocycles. The third-order valence-electron chi connectivity index (χ3n) is 2.26. The lowest BCUT2D eigenvalue weighted by molar-refractivity contribution is 0.101. The second-order valence-corrected chi connectivity index (χ2v) is 4.82. The van der Waals surface area contributed by atoms with Gasteiger partial charge in [-0.2, -0.15) is 0 Å². The Balaban J connectivity index is 1.92. The van der Waals surface area contributed by atoms with Crippen molar-refractivity contribution >= 4 is 11.8 Å². The van der Waals surface area contributed by atoms with Gasteiger partial charge in [-0.25, -0.2) is 0 Å². The predicted octanol–water partition coefficient (Wildman–Crippen LogP) is 2.66. The van der Waals surface area contributed by atoms with Crippen molar-refractivity contribution in [2.45, 2.75) is 23.0 Å². The molecule has 1 atom stereocenters. The Hall–Kier alpha value is -0.670. The Morgan fingerprint density at radius 2 is 2.07 bits per heavy atom. The smallest absolute Gasteiger partial charge is 0.115 e. The molecule has 0 aromatic heterocycles. The van der Waals surface area contributed by atoms with Gasteiger partial charge in [0.25, 0.3) is 0 Å². The molecular formula is C11H14O2S. The molecule has 0 radical (unpaired) electrons. The highest BCUT2D eigenvalue weighted by atomic mass is 32.2. The van der Waals surface area contributed by atoms with Crippen molar-refractivity contribution < 1.29 is 9.84 Å². The lowest BCUT2D eigenvalue weighted by Gasteiger charge is -2.21. The number of benzene rings is 1. The lowest BCUT2D eigenvalue weighted by atomic mass is 10.2. The summed E-state index contributed by atoms with van der Waals surface area (Å²) in [6.07, 6.45) is 2.39. The maximum atomic E-state index is 9.13. The maximum Gasteiger partial charge on any atom is 0.115 e. The molecule has 3 heteroatoms. The zero-order valence-corrected chi connectivity index (χ0v) is 8.80. The number of aromatic hydroxyl groups is 1. The largest absolute Gasteiger partial charge is 0.508 e. The van der Waals surface area contributed by atoms with Gasteiger partial charge in [-0.15, -0.1) is 11.8 Å². The van der Waals surface area contributed by atoms with E-state index in [1.54, 1.807) is 12.1 Å². The van der Waals surface area contributed by atoms with Crippen LogP contribution >= 0.6 is 11.8 Å². The Morgan fingerprint density at radius 3 is 2.71 bits per heavy atom. The molecule has 1 unspecified atom stereocenters. The van der Waals surface area contributed by atoms with Crippen molar-refractivity contribution in [3.63, 3.8) is 0 Å². The van der Waals surface area contributed by atoms with Crippen LogP contribution in [0.1, 0.15) is 12.8 Å². The van der Waals surface area contributed by atoms with Crippen molar-refractivity contribution in [2.75, 3.05) is 13.2 Å². The van der Waals surface area contributed by atoms with Crippen LogP contribution in [0.15, 0.2) is 29.2 Å². The summed E-state index contributed by atoms with van der Waals surface area (Å²) in [5.41, 5.74) is 0. The summed E-state index contributed by atoms with van der Waals surface area (Å²) >= 11 is 1.84. The summed E-state index contributed by atoms with van der Waals surface area (Å²) in [4.78, 5) is 1.21. The van der Waals surface area contributed by atoms with E-state index in [4.69, 9.17) is 9.84 Å². The zero-order chi connectivity index (χ0) is 9.80. The Labute approximate surface area is 88.3 Å². The Morgan fingerprint density at radius 1 is 1.29 bits per heavy atom. The van der Waals surface area contributed by atoms with Crippen LogP contribution in [0.4, 0.5) is 0 Å². The molecule has 1 aliphatic rings. The summed E-state index contributed by atoms with van der Waals surface area (Å²) < 4.78 is 5.41. The van der Waals surface area contributed by atoms with Crippen LogP contribution in [-0.4, -0.2) is 23.6 Å². The third-order valence-corrected chi connectivity index (χ3v) is 3.51. The molecule has 0 spiro atoms. The molecule has 1 aliphatic heterocycles. The average Bonchev–Trinajstić information content (AvgIpc) is 2.23. The van der Waals surface area contributed by atoms with Gasteiger partial charge in [-0.05, 0) is 37.1 Å². The fourth-order valence-corrected chi connectivity index (χ4v) is 2.65. The van der Waals surface area contributed by atoms with Crippen LogP contribution < -0.4 is 0 Å². The molecule has 0 aliphatic carbocycles. The quantitative estimate of drug-likeness (QED) is 0.813. The molecule has 1 aromatic rings. The second kappa shape index (κ2) is 4.71. The van der Waals surface area contributed by atoms with Crippen LogP contribution in [0.25, 0.3) is 0 Å². The van der Waals surface area contributed by atoms with Crippen LogP contribution in [-0.2, 0) is 4.74 Å². The molecule has 1 N–H and O–H groups in total. The van der Waals surface area contributed by atoms with Gasteiger partial charge in [0.1, 0.15) is 5.75 Å². The first-order valence-corrected chi connectivity index (χ1v) is 5.76. The number of rotatable bonds is 2. The van der Waals surface area contributed by atoms with Gasteiger partial charge in [0, 0.05) is 16.8 Å². The van der Waals surface area contributed by atoms with Crippen LogP contribution in [0.2, 0.25) is 0 Å². The van der Waals surface area contributed by atoms with Crippen molar-refractivity contribution in [3.05, 3.63) is 24.3 Å². The minimum absolute atomic E-state index is 0.328. The number of phenolic OH excluding ortho intramolecular Hbond substituents is 1. The minimum Gasteiger partial charge on any atom is -0.508 e. The van der Waals surface area contributed by atoms with E-state index >= 15 is 0 Å². The molecule has 0 bridgehead atoms.